The van der Waals surface area contributed by atoms with Crippen LogP contribution in [0.3, 0.4) is 0 Å². The van der Waals surface area contributed by atoms with Crippen molar-refractivity contribution in [2.45, 2.75) is 32.5 Å². The molecule has 0 aromatic carbocycles. The molecular formula is C10H12F3NO2. The molecule has 1 heterocycles. The van der Waals surface area contributed by atoms with Crippen LogP contribution >= 0.6 is 0 Å². The van der Waals surface area contributed by atoms with Crippen LogP contribution in [0.15, 0.2) is 18.3 Å². The Balaban J connectivity index is 2.98. The zero-order valence-corrected chi connectivity index (χ0v) is 9.13. The van der Waals surface area contributed by atoms with Crippen molar-refractivity contribution in [1.82, 2.24) is 4.57 Å². The second-order valence-electron chi connectivity index (χ2n) is 4.24. The van der Waals surface area contributed by atoms with Crippen LogP contribution in [0, 0.1) is 0 Å². The minimum Gasteiger partial charge on any atom is -0.443 e. The van der Waals surface area contributed by atoms with Crippen molar-refractivity contribution in [3.8, 4) is 0 Å². The predicted octanol–water partition coefficient (Wildman–Crippen LogP) is 3.29. The molecule has 1 rings (SSSR count). The SMILES string of the molecule is CC(C)(C)OC(=O)n1cccc1C(F)(F)F. The van der Waals surface area contributed by atoms with Gasteiger partial charge >= 0.3 is 12.3 Å². The third kappa shape index (κ3) is 3.01. The molecule has 90 valence electrons. The largest absolute Gasteiger partial charge is 0.443 e. The van der Waals surface area contributed by atoms with Gasteiger partial charge in [0.25, 0.3) is 0 Å². The van der Waals surface area contributed by atoms with E-state index in [-0.39, 0.29) is 0 Å². The number of hydrogen-bond donors (Lipinski definition) is 0. The number of hydrogen-bond acceptors (Lipinski definition) is 2. The molecule has 0 aliphatic carbocycles. The molecule has 0 amide bonds. The quantitative estimate of drug-likeness (QED) is 0.690. The van der Waals surface area contributed by atoms with Gasteiger partial charge in [0.05, 0.1) is 0 Å². The highest BCUT2D eigenvalue weighted by Crippen LogP contribution is 2.29. The summed E-state index contributed by atoms with van der Waals surface area (Å²) in [6, 6.07) is 1.97. The van der Waals surface area contributed by atoms with Crippen LogP contribution < -0.4 is 0 Å². The van der Waals surface area contributed by atoms with Crippen LogP contribution in [0.4, 0.5) is 18.0 Å². The summed E-state index contributed by atoms with van der Waals surface area (Å²) in [6.45, 7) is 4.75. The van der Waals surface area contributed by atoms with E-state index < -0.39 is 23.6 Å². The van der Waals surface area contributed by atoms with E-state index in [0.29, 0.717) is 4.57 Å². The molecule has 6 heteroatoms. The van der Waals surface area contributed by atoms with Crippen LogP contribution in [-0.4, -0.2) is 16.3 Å². The Bertz CT molecular complexity index is 388. The lowest BCUT2D eigenvalue weighted by Gasteiger charge is -2.20. The van der Waals surface area contributed by atoms with E-state index in [1.807, 2.05) is 0 Å². The first kappa shape index (κ1) is 12.6. The minimum atomic E-state index is -4.57. The smallest absolute Gasteiger partial charge is 0.431 e. The standard InChI is InChI=1S/C10H12F3NO2/c1-9(2,3)16-8(15)14-6-4-5-7(14)10(11,12)13/h4-6H,1-3H3. The molecule has 0 spiro atoms. The van der Waals surface area contributed by atoms with Crippen LogP contribution in [0.1, 0.15) is 26.5 Å². The first-order valence-electron chi connectivity index (χ1n) is 4.59. The van der Waals surface area contributed by atoms with E-state index in [0.717, 1.165) is 18.3 Å². The van der Waals surface area contributed by atoms with Gasteiger partial charge in [-0.2, -0.15) is 13.2 Å². The molecule has 0 radical (unpaired) electrons. The highest BCUT2D eigenvalue weighted by molar-refractivity contribution is 5.72. The van der Waals surface area contributed by atoms with Crippen molar-refractivity contribution in [2.24, 2.45) is 0 Å². The molecular weight excluding hydrogens is 223 g/mol. The summed E-state index contributed by atoms with van der Waals surface area (Å²) in [6.07, 6.45) is -4.58. The maximum absolute atomic E-state index is 12.4. The Hall–Kier alpha value is -1.46. The number of rotatable bonds is 0. The Morgan fingerprint density at radius 2 is 1.88 bits per heavy atom. The Labute approximate surface area is 90.8 Å². The average molecular weight is 235 g/mol. The second-order valence-corrected chi connectivity index (χ2v) is 4.24. The van der Waals surface area contributed by atoms with Gasteiger partial charge in [-0.1, -0.05) is 0 Å². The number of nitrogens with zero attached hydrogens (tertiary/aromatic N) is 1. The number of carbonyl (C=O) groups excluding carboxylic acids is 1. The third-order valence-corrected chi connectivity index (χ3v) is 1.63. The van der Waals surface area contributed by atoms with Gasteiger partial charge in [-0.05, 0) is 32.9 Å². The van der Waals surface area contributed by atoms with Gasteiger partial charge in [0.2, 0.25) is 0 Å². The zero-order valence-electron chi connectivity index (χ0n) is 9.13. The summed E-state index contributed by atoms with van der Waals surface area (Å²) < 4.78 is 42.6. The number of alkyl halides is 3. The summed E-state index contributed by atoms with van der Waals surface area (Å²) >= 11 is 0. The van der Waals surface area contributed by atoms with Gasteiger partial charge in [0.15, 0.2) is 0 Å². The molecule has 0 fully saturated rings. The van der Waals surface area contributed by atoms with E-state index in [1.54, 1.807) is 20.8 Å². The predicted molar refractivity (Wildman–Crippen MR) is 51.1 cm³/mol. The van der Waals surface area contributed by atoms with Crippen LogP contribution in [0.25, 0.3) is 0 Å². The summed E-state index contributed by atoms with van der Waals surface area (Å²) in [5, 5.41) is 0. The molecule has 0 N–H and O–H groups in total. The molecule has 0 aliphatic heterocycles. The molecule has 0 aliphatic rings. The van der Waals surface area contributed by atoms with E-state index in [2.05, 4.69) is 0 Å². The fourth-order valence-corrected chi connectivity index (χ4v) is 1.08. The molecule has 16 heavy (non-hydrogen) atoms. The maximum atomic E-state index is 12.4. The van der Waals surface area contributed by atoms with E-state index >= 15 is 0 Å². The maximum Gasteiger partial charge on any atom is 0.431 e. The Kier molecular flexibility index (Phi) is 3.03. The molecule has 0 atom stereocenters. The second kappa shape index (κ2) is 3.84. The van der Waals surface area contributed by atoms with Crippen molar-refractivity contribution < 1.29 is 22.7 Å². The number of aromatic nitrogens is 1. The van der Waals surface area contributed by atoms with Crippen molar-refractivity contribution >= 4 is 6.09 Å². The molecule has 0 saturated heterocycles. The highest BCUT2D eigenvalue weighted by Gasteiger charge is 2.36. The third-order valence-electron chi connectivity index (χ3n) is 1.63. The molecule has 1 aromatic heterocycles. The average Bonchev–Trinajstić information content (AvgIpc) is 2.45. The first-order valence-corrected chi connectivity index (χ1v) is 4.59. The number of carbonyl (C=O) groups is 1. The molecule has 0 unspecified atom stereocenters. The van der Waals surface area contributed by atoms with Gasteiger partial charge in [-0.25, -0.2) is 9.36 Å². The minimum absolute atomic E-state index is 0.450. The first-order chi connectivity index (χ1) is 7.11. The van der Waals surface area contributed by atoms with Crippen molar-refractivity contribution in [2.75, 3.05) is 0 Å². The van der Waals surface area contributed by atoms with Gasteiger partial charge in [0.1, 0.15) is 11.3 Å². The van der Waals surface area contributed by atoms with Gasteiger partial charge in [-0.3, -0.25) is 0 Å². The van der Waals surface area contributed by atoms with Crippen LogP contribution in [-0.2, 0) is 10.9 Å². The van der Waals surface area contributed by atoms with Crippen LogP contribution in [0.5, 0.6) is 0 Å². The van der Waals surface area contributed by atoms with E-state index in [9.17, 15) is 18.0 Å². The highest BCUT2D eigenvalue weighted by atomic mass is 19.4. The summed E-state index contributed by atoms with van der Waals surface area (Å²) in [7, 11) is 0. The summed E-state index contributed by atoms with van der Waals surface area (Å²) in [4.78, 5) is 11.4. The molecule has 0 bridgehead atoms. The van der Waals surface area contributed by atoms with Crippen LogP contribution in [0.2, 0.25) is 0 Å². The van der Waals surface area contributed by atoms with Crippen molar-refractivity contribution in [1.29, 1.82) is 0 Å². The Morgan fingerprint density at radius 3 is 2.31 bits per heavy atom. The lowest BCUT2D eigenvalue weighted by Crippen LogP contribution is -2.29. The molecule has 3 nitrogen and oxygen atoms in total. The zero-order chi connectivity index (χ0) is 12.6. The van der Waals surface area contributed by atoms with Gasteiger partial charge < -0.3 is 4.74 Å². The summed E-state index contributed by atoms with van der Waals surface area (Å²) in [5.41, 5.74) is -1.87. The molecule has 1 aromatic rings. The van der Waals surface area contributed by atoms with Crippen molar-refractivity contribution in [3.05, 3.63) is 24.0 Å². The Morgan fingerprint density at radius 1 is 1.31 bits per heavy atom. The molecule has 0 saturated carbocycles. The van der Waals surface area contributed by atoms with Gasteiger partial charge in [-0.15, -0.1) is 0 Å². The van der Waals surface area contributed by atoms with Gasteiger partial charge in [0, 0.05) is 6.20 Å². The van der Waals surface area contributed by atoms with E-state index in [1.165, 1.54) is 0 Å². The topological polar surface area (TPSA) is 31.2 Å². The van der Waals surface area contributed by atoms with E-state index in [4.69, 9.17) is 4.74 Å². The fraction of sp³-hybridized carbons (Fsp3) is 0.500. The number of ether oxygens (including phenoxy) is 1. The monoisotopic (exact) mass is 235 g/mol. The number of halogens is 3. The normalized spacial score (nSPS) is 12.6. The lowest BCUT2D eigenvalue weighted by molar-refractivity contribution is -0.143. The van der Waals surface area contributed by atoms with Crippen molar-refractivity contribution in [3.63, 3.8) is 0 Å². The fourth-order valence-electron chi connectivity index (χ4n) is 1.08. The lowest BCUT2D eigenvalue weighted by atomic mass is 10.2. The summed E-state index contributed by atoms with van der Waals surface area (Å²) in [5.74, 6) is 0.